The number of aliphatic hydroxyl groups excluding tert-OH is 3. The zero-order chi connectivity index (χ0) is 18.5. The quantitative estimate of drug-likeness (QED) is 0.526. The second-order valence-electron chi connectivity index (χ2n) is 9.27. The zero-order valence-electron chi connectivity index (χ0n) is 15.2. The molecule has 0 radical (unpaired) electrons. The van der Waals surface area contributed by atoms with E-state index < -0.39 is 35.7 Å². The molecule has 0 aromatic carbocycles. The zero-order valence-corrected chi connectivity index (χ0v) is 15.2. The second kappa shape index (κ2) is 4.83. The van der Waals surface area contributed by atoms with Crippen molar-refractivity contribution in [2.24, 2.45) is 34.5 Å². The highest BCUT2D eigenvalue weighted by molar-refractivity contribution is 5.95. The molecule has 0 aromatic heterocycles. The molecular weight excluding hydrogens is 320 g/mol. The molecule has 1 spiro atoms. The highest BCUT2D eigenvalue weighted by Gasteiger charge is 2.75. The summed E-state index contributed by atoms with van der Waals surface area (Å²) in [6.07, 6.45) is 1.34. The van der Waals surface area contributed by atoms with Gasteiger partial charge < -0.3 is 20.4 Å². The van der Waals surface area contributed by atoms with E-state index in [9.17, 15) is 25.2 Å². The Hall–Kier alpha value is -1.01. The van der Waals surface area contributed by atoms with Gasteiger partial charge in [-0.05, 0) is 47.7 Å². The fraction of sp³-hybridized carbons (Fsp3) is 0.750. The fourth-order valence-corrected chi connectivity index (χ4v) is 6.43. The maximum absolute atomic E-state index is 13.7. The van der Waals surface area contributed by atoms with Gasteiger partial charge in [0.2, 0.25) is 0 Å². The van der Waals surface area contributed by atoms with E-state index in [4.69, 9.17) is 0 Å². The largest absolute Gasteiger partial charge is 0.392 e. The van der Waals surface area contributed by atoms with Gasteiger partial charge in [0, 0.05) is 5.92 Å². The molecule has 0 amide bonds. The Labute approximate surface area is 148 Å². The number of carbonyl (C=O) groups is 1. The molecule has 4 aliphatic carbocycles. The van der Waals surface area contributed by atoms with Crippen LogP contribution in [0.1, 0.15) is 34.1 Å². The molecule has 0 heterocycles. The molecule has 2 saturated carbocycles. The Morgan fingerprint density at radius 3 is 2.48 bits per heavy atom. The highest BCUT2D eigenvalue weighted by Crippen LogP contribution is 2.71. The molecule has 4 aliphatic rings. The van der Waals surface area contributed by atoms with Crippen molar-refractivity contribution < 1.29 is 25.2 Å². The molecule has 0 saturated heterocycles. The SMILES string of the molecule is CC1=CC23C(=O)[C@@H](C=C(CO)[C@@H](O)[C@]2(O)[C@H]1O)C1C(CC3C)C1(C)C. The van der Waals surface area contributed by atoms with Gasteiger partial charge in [0.15, 0.2) is 5.78 Å². The van der Waals surface area contributed by atoms with E-state index in [1.807, 2.05) is 6.92 Å². The van der Waals surface area contributed by atoms with Crippen molar-refractivity contribution in [1.29, 1.82) is 0 Å². The van der Waals surface area contributed by atoms with Crippen LogP contribution in [0.15, 0.2) is 23.3 Å². The van der Waals surface area contributed by atoms with Crippen LogP contribution in [0.2, 0.25) is 0 Å². The van der Waals surface area contributed by atoms with Crippen molar-refractivity contribution >= 4 is 5.78 Å². The predicted molar refractivity (Wildman–Crippen MR) is 91.4 cm³/mol. The van der Waals surface area contributed by atoms with Gasteiger partial charge in [0.1, 0.15) is 17.8 Å². The van der Waals surface area contributed by atoms with Crippen LogP contribution in [-0.2, 0) is 4.79 Å². The predicted octanol–water partition coefficient (Wildman–Crippen LogP) is 0.815. The van der Waals surface area contributed by atoms with E-state index in [0.29, 0.717) is 11.5 Å². The molecule has 5 heteroatoms. The molecule has 5 nitrogen and oxygen atoms in total. The minimum absolute atomic E-state index is 0.0245. The molecule has 2 fully saturated rings. The Bertz CT molecular complexity index is 707. The van der Waals surface area contributed by atoms with Crippen molar-refractivity contribution in [2.45, 2.75) is 51.9 Å². The Morgan fingerprint density at radius 1 is 1.24 bits per heavy atom. The van der Waals surface area contributed by atoms with Crippen LogP contribution in [-0.4, -0.2) is 50.6 Å². The van der Waals surface area contributed by atoms with Crippen LogP contribution in [0.5, 0.6) is 0 Å². The number of ketones is 1. The Balaban J connectivity index is 1.99. The average Bonchev–Trinajstić information content (AvgIpc) is 3.05. The summed E-state index contributed by atoms with van der Waals surface area (Å²) >= 11 is 0. The minimum atomic E-state index is -2.03. The van der Waals surface area contributed by atoms with Gasteiger partial charge in [-0.3, -0.25) is 4.79 Å². The van der Waals surface area contributed by atoms with E-state index in [1.54, 1.807) is 19.1 Å². The average molecular weight is 348 g/mol. The number of fused-ring (bicyclic) bond motifs is 3. The number of hydrogen-bond acceptors (Lipinski definition) is 5. The molecule has 8 atom stereocenters. The summed E-state index contributed by atoms with van der Waals surface area (Å²) in [5.41, 5.74) is -2.58. The second-order valence-corrected chi connectivity index (χ2v) is 9.27. The number of carbonyl (C=O) groups excluding carboxylic acids is 1. The van der Waals surface area contributed by atoms with Crippen molar-refractivity contribution in [1.82, 2.24) is 0 Å². The molecule has 2 bridgehead atoms. The summed E-state index contributed by atoms with van der Waals surface area (Å²) in [7, 11) is 0. The number of rotatable bonds is 1. The summed E-state index contributed by atoms with van der Waals surface area (Å²) in [6, 6.07) is 0. The van der Waals surface area contributed by atoms with Crippen LogP contribution in [0.25, 0.3) is 0 Å². The van der Waals surface area contributed by atoms with Crippen LogP contribution < -0.4 is 0 Å². The summed E-state index contributed by atoms with van der Waals surface area (Å²) in [5, 5.41) is 43.0. The monoisotopic (exact) mass is 348 g/mol. The number of hydrogen-bond donors (Lipinski definition) is 4. The maximum atomic E-state index is 13.7. The molecule has 25 heavy (non-hydrogen) atoms. The standard InChI is InChI=1S/C20H28O5/c1-9-7-19-10(2)5-13-14(18(13,3)4)12(17(19)24)6-11(8-21)16(23)20(19,25)15(9)22/h6-7,10,12-16,21-23,25H,5,8H2,1-4H3/t10?,12-,13?,14?,15-,16+,19?,20+/m0/s1. The number of Topliss-reactive ketones (excluding diaryl/α,β-unsaturated/α-hetero) is 1. The third-order valence-corrected chi connectivity index (χ3v) is 7.93. The van der Waals surface area contributed by atoms with Crippen molar-refractivity contribution in [2.75, 3.05) is 6.61 Å². The lowest BCUT2D eigenvalue weighted by Gasteiger charge is -2.48. The fourth-order valence-electron chi connectivity index (χ4n) is 6.43. The number of aliphatic hydroxyl groups is 4. The molecule has 138 valence electrons. The number of allylic oxidation sites excluding steroid dienone is 1. The summed E-state index contributed by atoms with van der Waals surface area (Å²) < 4.78 is 0. The topological polar surface area (TPSA) is 98.0 Å². The molecule has 0 aliphatic heterocycles. The third-order valence-electron chi connectivity index (χ3n) is 7.93. The van der Waals surface area contributed by atoms with Crippen LogP contribution in [0, 0.1) is 34.5 Å². The van der Waals surface area contributed by atoms with Gasteiger partial charge >= 0.3 is 0 Å². The van der Waals surface area contributed by atoms with Crippen LogP contribution >= 0.6 is 0 Å². The first-order chi connectivity index (χ1) is 11.5. The first-order valence-corrected chi connectivity index (χ1v) is 9.18. The van der Waals surface area contributed by atoms with E-state index in [0.717, 1.165) is 6.42 Å². The first kappa shape index (κ1) is 17.4. The van der Waals surface area contributed by atoms with E-state index in [-0.39, 0.29) is 28.6 Å². The molecule has 4 N–H and O–H groups in total. The Morgan fingerprint density at radius 2 is 1.88 bits per heavy atom. The van der Waals surface area contributed by atoms with E-state index in [1.165, 1.54) is 0 Å². The molecular formula is C20H28O5. The van der Waals surface area contributed by atoms with Gasteiger partial charge in [0.05, 0.1) is 12.0 Å². The summed E-state index contributed by atoms with van der Waals surface area (Å²) in [5.74, 6) is -0.288. The van der Waals surface area contributed by atoms with Gasteiger partial charge in [-0.15, -0.1) is 0 Å². The van der Waals surface area contributed by atoms with Gasteiger partial charge in [-0.25, -0.2) is 0 Å². The lowest BCUT2D eigenvalue weighted by molar-refractivity contribution is -0.190. The van der Waals surface area contributed by atoms with Gasteiger partial charge in [0.25, 0.3) is 0 Å². The lowest BCUT2D eigenvalue weighted by Crippen LogP contribution is -2.65. The van der Waals surface area contributed by atoms with E-state index in [2.05, 4.69) is 13.8 Å². The molecule has 4 rings (SSSR count). The molecule has 0 aromatic rings. The molecule has 4 unspecified atom stereocenters. The minimum Gasteiger partial charge on any atom is -0.392 e. The lowest BCUT2D eigenvalue weighted by atomic mass is 9.59. The first-order valence-electron chi connectivity index (χ1n) is 9.18. The normalized spacial score (nSPS) is 53.2. The smallest absolute Gasteiger partial charge is 0.153 e. The van der Waals surface area contributed by atoms with Gasteiger partial charge in [-0.1, -0.05) is 32.9 Å². The summed E-state index contributed by atoms with van der Waals surface area (Å²) in [4.78, 5) is 13.7. The van der Waals surface area contributed by atoms with Crippen LogP contribution in [0.4, 0.5) is 0 Å². The van der Waals surface area contributed by atoms with E-state index >= 15 is 0 Å². The van der Waals surface area contributed by atoms with Crippen molar-refractivity contribution in [3.8, 4) is 0 Å². The van der Waals surface area contributed by atoms with Crippen molar-refractivity contribution in [3.63, 3.8) is 0 Å². The summed E-state index contributed by atoms with van der Waals surface area (Å²) in [6.45, 7) is 7.50. The van der Waals surface area contributed by atoms with Crippen LogP contribution in [0.3, 0.4) is 0 Å². The maximum Gasteiger partial charge on any atom is 0.153 e. The highest BCUT2D eigenvalue weighted by atomic mass is 16.4. The Kier molecular flexibility index (Phi) is 3.36. The van der Waals surface area contributed by atoms with Gasteiger partial charge in [-0.2, -0.15) is 0 Å². The van der Waals surface area contributed by atoms with Crippen molar-refractivity contribution in [3.05, 3.63) is 23.3 Å². The third kappa shape index (κ3) is 1.71.